The number of carbonyl (C=O) groups is 3. The van der Waals surface area contributed by atoms with Crippen LogP contribution >= 0.6 is 0 Å². The minimum absolute atomic E-state index is 0.152. The van der Waals surface area contributed by atoms with Crippen molar-refractivity contribution >= 4 is 23.5 Å². The van der Waals surface area contributed by atoms with Crippen LogP contribution in [0.15, 0.2) is 5.10 Å². The minimum atomic E-state index is -1.07. The first-order valence-corrected chi connectivity index (χ1v) is 5.79. The Morgan fingerprint density at radius 3 is 2.56 bits per heavy atom. The monoisotopic (exact) mass is 255 g/mol. The molecule has 18 heavy (non-hydrogen) atoms. The minimum Gasteiger partial charge on any atom is -0.480 e. The molecular weight excluding hydrogens is 238 g/mol. The highest BCUT2D eigenvalue weighted by Gasteiger charge is 2.25. The van der Waals surface area contributed by atoms with E-state index in [0.717, 1.165) is 0 Å². The Labute approximate surface area is 105 Å². The maximum absolute atomic E-state index is 11.7. The Hall–Kier alpha value is -1.92. The molecule has 1 rings (SSSR count). The number of nitrogens with zero attached hydrogens (tertiary/aromatic N) is 1. The Morgan fingerprint density at radius 1 is 1.44 bits per heavy atom. The van der Waals surface area contributed by atoms with Gasteiger partial charge in [0.1, 0.15) is 11.8 Å². The molecule has 2 amide bonds. The lowest BCUT2D eigenvalue weighted by molar-refractivity contribution is -0.141. The Balaban J connectivity index is 2.61. The van der Waals surface area contributed by atoms with Crippen molar-refractivity contribution in [2.75, 3.05) is 0 Å². The van der Waals surface area contributed by atoms with E-state index in [-0.39, 0.29) is 30.4 Å². The molecule has 3 N–H and O–H groups in total. The van der Waals surface area contributed by atoms with Gasteiger partial charge in [-0.1, -0.05) is 13.8 Å². The van der Waals surface area contributed by atoms with Gasteiger partial charge in [0.05, 0.1) is 0 Å². The van der Waals surface area contributed by atoms with Crippen molar-refractivity contribution < 1.29 is 19.5 Å². The molecule has 1 aliphatic heterocycles. The van der Waals surface area contributed by atoms with Crippen LogP contribution in [0.2, 0.25) is 0 Å². The van der Waals surface area contributed by atoms with Crippen LogP contribution in [0.5, 0.6) is 0 Å². The lowest BCUT2D eigenvalue weighted by atomic mass is 10.0. The number of rotatable bonds is 5. The molecular formula is C11H17N3O4. The van der Waals surface area contributed by atoms with E-state index in [2.05, 4.69) is 15.8 Å². The number of carbonyl (C=O) groups excluding carboxylic acids is 2. The highest BCUT2D eigenvalue weighted by Crippen LogP contribution is 2.06. The molecule has 7 nitrogen and oxygen atoms in total. The van der Waals surface area contributed by atoms with E-state index in [1.807, 2.05) is 13.8 Å². The van der Waals surface area contributed by atoms with Crippen molar-refractivity contribution in [2.45, 2.75) is 39.2 Å². The zero-order chi connectivity index (χ0) is 13.7. The normalized spacial score (nSPS) is 16.8. The topological polar surface area (TPSA) is 108 Å². The molecule has 100 valence electrons. The van der Waals surface area contributed by atoms with Crippen LogP contribution < -0.4 is 10.7 Å². The predicted molar refractivity (Wildman–Crippen MR) is 63.8 cm³/mol. The number of hydrazone groups is 1. The quantitative estimate of drug-likeness (QED) is 0.635. The zero-order valence-corrected chi connectivity index (χ0v) is 10.4. The van der Waals surface area contributed by atoms with E-state index in [4.69, 9.17) is 5.11 Å². The molecule has 1 heterocycles. The van der Waals surface area contributed by atoms with Gasteiger partial charge in [0.15, 0.2) is 0 Å². The molecule has 0 saturated heterocycles. The molecule has 0 aromatic rings. The standard InChI is InChI=1S/C11H17N3O4/c1-6(2)5-8(11(17)18)12-10(16)7-3-4-9(15)14-13-7/h6,8H,3-5H2,1-2H3,(H,12,16)(H,14,15)(H,17,18)/t8-/m1/s1. The molecule has 0 aromatic heterocycles. The largest absolute Gasteiger partial charge is 0.480 e. The maximum Gasteiger partial charge on any atom is 0.326 e. The van der Waals surface area contributed by atoms with E-state index >= 15 is 0 Å². The number of hydrogen-bond acceptors (Lipinski definition) is 4. The summed E-state index contributed by atoms with van der Waals surface area (Å²) >= 11 is 0. The van der Waals surface area contributed by atoms with Gasteiger partial charge in [-0.25, -0.2) is 10.2 Å². The summed E-state index contributed by atoms with van der Waals surface area (Å²) in [5.74, 6) is -1.71. The molecule has 0 spiro atoms. The van der Waals surface area contributed by atoms with E-state index in [1.165, 1.54) is 0 Å². The van der Waals surface area contributed by atoms with E-state index in [0.29, 0.717) is 6.42 Å². The molecule has 0 unspecified atom stereocenters. The molecule has 1 atom stereocenters. The Bertz CT molecular complexity index is 390. The van der Waals surface area contributed by atoms with Crippen LogP contribution in [-0.2, 0) is 14.4 Å². The molecule has 0 bridgehead atoms. The molecule has 7 heteroatoms. The van der Waals surface area contributed by atoms with Crippen molar-refractivity contribution in [3.05, 3.63) is 0 Å². The molecule has 0 fully saturated rings. The number of amides is 2. The third-order valence-corrected chi connectivity index (χ3v) is 2.48. The number of nitrogens with one attached hydrogen (secondary N) is 2. The second-order valence-electron chi connectivity index (χ2n) is 4.59. The second kappa shape index (κ2) is 6.13. The third kappa shape index (κ3) is 4.15. The highest BCUT2D eigenvalue weighted by atomic mass is 16.4. The van der Waals surface area contributed by atoms with E-state index in [1.54, 1.807) is 0 Å². The van der Waals surface area contributed by atoms with Gasteiger partial charge in [0, 0.05) is 12.8 Å². The summed E-state index contributed by atoms with van der Waals surface area (Å²) in [5.41, 5.74) is 2.35. The Kier molecular flexibility index (Phi) is 4.82. The Morgan fingerprint density at radius 2 is 2.11 bits per heavy atom. The average Bonchev–Trinajstić information content (AvgIpc) is 2.28. The fraction of sp³-hybridized carbons (Fsp3) is 0.636. The van der Waals surface area contributed by atoms with Crippen LogP contribution in [0.3, 0.4) is 0 Å². The smallest absolute Gasteiger partial charge is 0.326 e. The number of carboxylic acid groups (broad SMARTS) is 1. The molecule has 0 aromatic carbocycles. The van der Waals surface area contributed by atoms with Crippen LogP contribution in [0, 0.1) is 5.92 Å². The lowest BCUT2D eigenvalue weighted by Gasteiger charge is -2.18. The molecule has 0 radical (unpaired) electrons. The summed E-state index contributed by atoms with van der Waals surface area (Å²) in [6.45, 7) is 3.75. The van der Waals surface area contributed by atoms with Gasteiger partial charge in [-0.05, 0) is 12.3 Å². The van der Waals surface area contributed by atoms with Crippen molar-refractivity contribution in [3.63, 3.8) is 0 Å². The zero-order valence-electron chi connectivity index (χ0n) is 10.4. The maximum atomic E-state index is 11.7. The summed E-state index contributed by atoms with van der Waals surface area (Å²) in [5, 5.41) is 15.0. The summed E-state index contributed by atoms with van der Waals surface area (Å²) in [4.78, 5) is 33.6. The van der Waals surface area contributed by atoms with Gasteiger partial charge in [-0.2, -0.15) is 5.10 Å². The first-order chi connectivity index (χ1) is 8.40. The summed E-state index contributed by atoms with van der Waals surface area (Å²) in [6, 6.07) is -0.933. The van der Waals surface area contributed by atoms with Crippen molar-refractivity contribution in [1.29, 1.82) is 0 Å². The predicted octanol–water partition coefficient (Wildman–Crippen LogP) is -0.132. The SMILES string of the molecule is CC(C)C[C@@H](NC(=O)C1=NNC(=O)CC1)C(=O)O. The van der Waals surface area contributed by atoms with Gasteiger partial charge in [-0.3, -0.25) is 9.59 Å². The summed E-state index contributed by atoms with van der Waals surface area (Å²) < 4.78 is 0. The number of aliphatic carboxylic acids is 1. The summed E-state index contributed by atoms with van der Waals surface area (Å²) in [7, 11) is 0. The molecule has 1 aliphatic rings. The first-order valence-electron chi connectivity index (χ1n) is 5.79. The third-order valence-electron chi connectivity index (χ3n) is 2.48. The van der Waals surface area contributed by atoms with Crippen molar-refractivity contribution in [1.82, 2.24) is 10.7 Å². The van der Waals surface area contributed by atoms with Crippen molar-refractivity contribution in [3.8, 4) is 0 Å². The van der Waals surface area contributed by atoms with Gasteiger partial charge in [-0.15, -0.1) is 0 Å². The van der Waals surface area contributed by atoms with Crippen LogP contribution in [0.25, 0.3) is 0 Å². The summed E-state index contributed by atoms with van der Waals surface area (Å²) in [6.07, 6.45) is 0.764. The van der Waals surface area contributed by atoms with Crippen LogP contribution in [0.1, 0.15) is 33.1 Å². The first kappa shape index (κ1) is 14.1. The van der Waals surface area contributed by atoms with Crippen LogP contribution in [-0.4, -0.2) is 34.6 Å². The van der Waals surface area contributed by atoms with Gasteiger partial charge in [0.25, 0.3) is 5.91 Å². The van der Waals surface area contributed by atoms with Gasteiger partial charge in [0.2, 0.25) is 5.91 Å². The number of carboxylic acids is 1. The average molecular weight is 255 g/mol. The van der Waals surface area contributed by atoms with Crippen LogP contribution in [0.4, 0.5) is 0 Å². The molecule has 0 saturated carbocycles. The fourth-order valence-corrected chi connectivity index (χ4v) is 1.57. The van der Waals surface area contributed by atoms with Gasteiger partial charge >= 0.3 is 5.97 Å². The molecule has 0 aliphatic carbocycles. The number of hydrogen-bond donors (Lipinski definition) is 3. The fourth-order valence-electron chi connectivity index (χ4n) is 1.57. The van der Waals surface area contributed by atoms with E-state index in [9.17, 15) is 14.4 Å². The lowest BCUT2D eigenvalue weighted by Crippen LogP contribution is -2.46. The highest BCUT2D eigenvalue weighted by molar-refractivity contribution is 6.39. The van der Waals surface area contributed by atoms with E-state index < -0.39 is 17.9 Å². The van der Waals surface area contributed by atoms with Crippen molar-refractivity contribution in [2.24, 2.45) is 11.0 Å². The van der Waals surface area contributed by atoms with Gasteiger partial charge < -0.3 is 10.4 Å². The second-order valence-corrected chi connectivity index (χ2v) is 4.59.